The van der Waals surface area contributed by atoms with Crippen LogP contribution in [-0.2, 0) is 0 Å². The van der Waals surface area contributed by atoms with Crippen LogP contribution in [0.1, 0.15) is 23.2 Å². The van der Waals surface area contributed by atoms with Gasteiger partial charge in [-0.25, -0.2) is 0 Å². The van der Waals surface area contributed by atoms with Crippen LogP contribution in [-0.4, -0.2) is 37.5 Å². The first-order valence-corrected chi connectivity index (χ1v) is 8.34. The summed E-state index contributed by atoms with van der Waals surface area (Å²) in [5, 5.41) is 3.10. The van der Waals surface area contributed by atoms with Crippen molar-refractivity contribution in [2.45, 2.75) is 12.8 Å². The summed E-state index contributed by atoms with van der Waals surface area (Å²) in [6.45, 7) is 3.04. The molecule has 120 valence electrons. The molecule has 0 radical (unpaired) electrons. The topological polar surface area (TPSA) is 32.3 Å². The standard InChI is InChI=1S/C20H24N2O/c1-22-12-10-16(11-13-22)15-21-20(23)19-9-5-8-18(14-19)17-6-3-2-4-7-17/h2-9,14,16H,10-13,15H2,1H3,(H,21,23). The highest BCUT2D eigenvalue weighted by Crippen LogP contribution is 2.20. The van der Waals surface area contributed by atoms with Crippen LogP contribution in [0.25, 0.3) is 11.1 Å². The van der Waals surface area contributed by atoms with E-state index in [1.165, 1.54) is 12.8 Å². The number of likely N-dealkylation sites (tertiary alicyclic amines) is 1. The number of amides is 1. The van der Waals surface area contributed by atoms with Crippen LogP contribution in [0.4, 0.5) is 0 Å². The minimum absolute atomic E-state index is 0.0294. The third-order valence-corrected chi connectivity index (χ3v) is 4.62. The Bertz CT molecular complexity index is 646. The van der Waals surface area contributed by atoms with Crippen LogP contribution in [0.5, 0.6) is 0 Å². The molecule has 23 heavy (non-hydrogen) atoms. The molecule has 2 aromatic rings. The molecule has 0 atom stereocenters. The monoisotopic (exact) mass is 308 g/mol. The van der Waals surface area contributed by atoms with Crippen LogP contribution in [0.3, 0.4) is 0 Å². The molecular weight excluding hydrogens is 284 g/mol. The van der Waals surface area contributed by atoms with Gasteiger partial charge in [-0.05, 0) is 62.2 Å². The van der Waals surface area contributed by atoms with Gasteiger partial charge in [0.25, 0.3) is 5.91 Å². The average Bonchev–Trinajstić information content (AvgIpc) is 2.62. The first-order chi connectivity index (χ1) is 11.2. The molecule has 0 aliphatic carbocycles. The fourth-order valence-electron chi connectivity index (χ4n) is 3.08. The van der Waals surface area contributed by atoms with E-state index in [0.717, 1.165) is 36.3 Å². The van der Waals surface area contributed by atoms with Crippen molar-refractivity contribution in [2.75, 3.05) is 26.7 Å². The Morgan fingerprint density at radius 3 is 2.48 bits per heavy atom. The van der Waals surface area contributed by atoms with Crippen LogP contribution in [0, 0.1) is 5.92 Å². The van der Waals surface area contributed by atoms with Crippen molar-refractivity contribution in [3.8, 4) is 11.1 Å². The molecule has 1 aliphatic heterocycles. The van der Waals surface area contributed by atoms with E-state index in [1.54, 1.807) is 0 Å². The van der Waals surface area contributed by atoms with Crippen molar-refractivity contribution in [1.29, 1.82) is 0 Å². The second-order valence-electron chi connectivity index (χ2n) is 6.40. The number of carbonyl (C=O) groups is 1. The van der Waals surface area contributed by atoms with E-state index in [-0.39, 0.29) is 5.91 Å². The van der Waals surface area contributed by atoms with Crippen molar-refractivity contribution >= 4 is 5.91 Å². The third-order valence-electron chi connectivity index (χ3n) is 4.62. The van der Waals surface area contributed by atoms with Gasteiger partial charge in [0.15, 0.2) is 0 Å². The number of hydrogen-bond acceptors (Lipinski definition) is 2. The molecule has 1 aliphatic rings. The van der Waals surface area contributed by atoms with E-state index >= 15 is 0 Å². The summed E-state index contributed by atoms with van der Waals surface area (Å²) >= 11 is 0. The minimum atomic E-state index is 0.0294. The lowest BCUT2D eigenvalue weighted by atomic mass is 9.97. The lowest BCUT2D eigenvalue weighted by Gasteiger charge is -2.28. The Morgan fingerprint density at radius 1 is 1.04 bits per heavy atom. The Balaban J connectivity index is 1.61. The molecule has 0 bridgehead atoms. The van der Waals surface area contributed by atoms with Gasteiger partial charge in [0, 0.05) is 12.1 Å². The van der Waals surface area contributed by atoms with Gasteiger partial charge in [0.1, 0.15) is 0 Å². The van der Waals surface area contributed by atoms with Gasteiger partial charge in [0.2, 0.25) is 0 Å². The fraction of sp³-hybridized carbons (Fsp3) is 0.350. The maximum Gasteiger partial charge on any atom is 0.251 e. The molecule has 0 spiro atoms. The first-order valence-electron chi connectivity index (χ1n) is 8.34. The highest BCUT2D eigenvalue weighted by molar-refractivity contribution is 5.95. The summed E-state index contributed by atoms with van der Waals surface area (Å²) in [5.74, 6) is 0.633. The van der Waals surface area contributed by atoms with E-state index in [1.807, 2.05) is 42.5 Å². The summed E-state index contributed by atoms with van der Waals surface area (Å²) in [7, 11) is 2.16. The van der Waals surface area contributed by atoms with E-state index in [9.17, 15) is 4.79 Å². The van der Waals surface area contributed by atoms with Gasteiger partial charge < -0.3 is 10.2 Å². The number of hydrogen-bond donors (Lipinski definition) is 1. The normalized spacial score (nSPS) is 16.2. The number of benzene rings is 2. The summed E-state index contributed by atoms with van der Waals surface area (Å²) in [5.41, 5.74) is 2.95. The Labute approximate surface area is 138 Å². The van der Waals surface area contributed by atoms with Gasteiger partial charge in [-0.2, -0.15) is 0 Å². The zero-order valence-electron chi connectivity index (χ0n) is 13.7. The molecule has 0 unspecified atom stereocenters. The Hall–Kier alpha value is -2.13. The first kappa shape index (κ1) is 15.8. The van der Waals surface area contributed by atoms with E-state index in [4.69, 9.17) is 0 Å². The van der Waals surface area contributed by atoms with Crippen LogP contribution in [0.15, 0.2) is 54.6 Å². The van der Waals surface area contributed by atoms with E-state index in [2.05, 4.69) is 29.4 Å². The molecule has 3 nitrogen and oxygen atoms in total. The molecular formula is C20H24N2O. The number of rotatable bonds is 4. The van der Waals surface area contributed by atoms with Crippen LogP contribution in [0.2, 0.25) is 0 Å². The molecule has 1 heterocycles. The van der Waals surface area contributed by atoms with Crippen molar-refractivity contribution in [1.82, 2.24) is 10.2 Å². The molecule has 3 heteroatoms. The second-order valence-corrected chi connectivity index (χ2v) is 6.40. The van der Waals surface area contributed by atoms with E-state index in [0.29, 0.717) is 5.92 Å². The number of carbonyl (C=O) groups excluding carboxylic acids is 1. The molecule has 0 saturated carbocycles. The lowest BCUT2D eigenvalue weighted by molar-refractivity contribution is 0.0939. The van der Waals surface area contributed by atoms with Gasteiger partial charge in [-0.15, -0.1) is 0 Å². The van der Waals surface area contributed by atoms with Gasteiger partial charge in [-0.1, -0.05) is 42.5 Å². The van der Waals surface area contributed by atoms with Crippen molar-refractivity contribution < 1.29 is 4.79 Å². The molecule has 0 aromatic heterocycles. The maximum absolute atomic E-state index is 12.4. The van der Waals surface area contributed by atoms with Gasteiger partial charge in [0.05, 0.1) is 0 Å². The third kappa shape index (κ3) is 4.20. The van der Waals surface area contributed by atoms with Crippen LogP contribution < -0.4 is 5.32 Å². The molecule has 1 fully saturated rings. The molecule has 1 amide bonds. The highest BCUT2D eigenvalue weighted by atomic mass is 16.1. The van der Waals surface area contributed by atoms with E-state index < -0.39 is 0 Å². The smallest absolute Gasteiger partial charge is 0.251 e. The average molecular weight is 308 g/mol. The lowest BCUT2D eigenvalue weighted by Crippen LogP contribution is -2.36. The maximum atomic E-state index is 12.4. The number of nitrogens with one attached hydrogen (secondary N) is 1. The Morgan fingerprint density at radius 2 is 1.74 bits per heavy atom. The second kappa shape index (κ2) is 7.42. The van der Waals surface area contributed by atoms with Crippen molar-refractivity contribution in [2.24, 2.45) is 5.92 Å². The highest BCUT2D eigenvalue weighted by Gasteiger charge is 2.17. The van der Waals surface area contributed by atoms with Crippen molar-refractivity contribution in [3.05, 3.63) is 60.2 Å². The molecule has 1 saturated heterocycles. The van der Waals surface area contributed by atoms with Gasteiger partial charge in [-0.3, -0.25) is 4.79 Å². The summed E-state index contributed by atoms with van der Waals surface area (Å²) < 4.78 is 0. The predicted molar refractivity (Wildman–Crippen MR) is 94.4 cm³/mol. The van der Waals surface area contributed by atoms with Crippen molar-refractivity contribution in [3.63, 3.8) is 0 Å². The molecule has 2 aromatic carbocycles. The zero-order valence-corrected chi connectivity index (χ0v) is 13.7. The number of nitrogens with zero attached hydrogens (tertiary/aromatic N) is 1. The minimum Gasteiger partial charge on any atom is -0.352 e. The summed E-state index contributed by atoms with van der Waals surface area (Å²) in [6, 6.07) is 18.0. The predicted octanol–water partition coefficient (Wildman–Crippen LogP) is 3.43. The summed E-state index contributed by atoms with van der Waals surface area (Å²) in [4.78, 5) is 14.8. The summed E-state index contributed by atoms with van der Waals surface area (Å²) in [6.07, 6.45) is 2.33. The molecule has 3 rings (SSSR count). The van der Waals surface area contributed by atoms with Gasteiger partial charge >= 0.3 is 0 Å². The zero-order chi connectivity index (χ0) is 16.1. The largest absolute Gasteiger partial charge is 0.352 e. The quantitative estimate of drug-likeness (QED) is 0.938. The number of piperidine rings is 1. The molecule has 1 N–H and O–H groups in total. The Kier molecular flexibility index (Phi) is 5.09. The SMILES string of the molecule is CN1CCC(CNC(=O)c2cccc(-c3ccccc3)c2)CC1. The fourth-order valence-corrected chi connectivity index (χ4v) is 3.08. The van der Waals surface area contributed by atoms with Crippen LogP contribution >= 0.6 is 0 Å².